The van der Waals surface area contributed by atoms with Crippen LogP contribution in [0.3, 0.4) is 0 Å². The molecule has 2 aromatic rings. The number of hydrogen-bond acceptors (Lipinski definition) is 2. The summed E-state index contributed by atoms with van der Waals surface area (Å²) in [5.41, 5.74) is 1.09. The Morgan fingerprint density at radius 3 is 2.13 bits per heavy atom. The van der Waals surface area contributed by atoms with Crippen molar-refractivity contribution in [2.24, 2.45) is 0 Å². The van der Waals surface area contributed by atoms with Gasteiger partial charge in [0, 0.05) is 23.1 Å². The third-order valence-corrected chi connectivity index (χ3v) is 3.61. The molecule has 0 aliphatic rings. The Kier molecular flexibility index (Phi) is 4.37. The SMILES string of the molecule is CC(C=O)c1cn(-c2ccc(C(F)(F)F)cc2)nc1C(C)(C)C. The predicted molar refractivity (Wildman–Crippen MR) is 81.7 cm³/mol. The number of carbonyl (C=O) groups excluding carboxylic acids is 1. The van der Waals surface area contributed by atoms with E-state index in [9.17, 15) is 18.0 Å². The lowest BCUT2D eigenvalue weighted by Gasteiger charge is -2.18. The first-order valence-electron chi connectivity index (χ1n) is 7.27. The molecule has 1 heterocycles. The average Bonchev–Trinajstić information content (AvgIpc) is 2.91. The lowest BCUT2D eigenvalue weighted by molar-refractivity contribution is -0.137. The van der Waals surface area contributed by atoms with Gasteiger partial charge in [-0.2, -0.15) is 18.3 Å². The van der Waals surface area contributed by atoms with E-state index in [0.717, 1.165) is 29.7 Å². The fraction of sp³-hybridized carbons (Fsp3) is 0.412. The summed E-state index contributed by atoms with van der Waals surface area (Å²) < 4.78 is 39.4. The number of halogens is 3. The van der Waals surface area contributed by atoms with Crippen molar-refractivity contribution in [2.75, 3.05) is 0 Å². The molecule has 1 atom stereocenters. The maximum atomic E-state index is 12.6. The molecule has 0 bridgehead atoms. The molecule has 6 heteroatoms. The van der Waals surface area contributed by atoms with E-state index in [0.29, 0.717) is 5.69 Å². The van der Waals surface area contributed by atoms with Gasteiger partial charge in [0.1, 0.15) is 6.29 Å². The first kappa shape index (κ1) is 17.2. The van der Waals surface area contributed by atoms with Crippen LogP contribution in [-0.4, -0.2) is 16.1 Å². The molecule has 1 aromatic heterocycles. The molecule has 124 valence electrons. The van der Waals surface area contributed by atoms with Crippen molar-refractivity contribution in [3.05, 3.63) is 47.3 Å². The van der Waals surface area contributed by atoms with E-state index >= 15 is 0 Å². The zero-order chi connectivity index (χ0) is 17.4. The van der Waals surface area contributed by atoms with Crippen molar-refractivity contribution < 1.29 is 18.0 Å². The quantitative estimate of drug-likeness (QED) is 0.780. The molecule has 0 saturated carbocycles. The molecule has 0 amide bonds. The molecule has 1 aromatic carbocycles. The summed E-state index contributed by atoms with van der Waals surface area (Å²) >= 11 is 0. The van der Waals surface area contributed by atoms with Gasteiger partial charge in [0.15, 0.2) is 0 Å². The highest BCUT2D eigenvalue weighted by atomic mass is 19.4. The van der Waals surface area contributed by atoms with E-state index in [1.54, 1.807) is 13.1 Å². The fourth-order valence-corrected chi connectivity index (χ4v) is 2.31. The number of aromatic nitrogens is 2. The van der Waals surface area contributed by atoms with Crippen molar-refractivity contribution in [1.29, 1.82) is 0 Å². The normalized spacial score (nSPS) is 13.9. The Hall–Kier alpha value is -2.11. The minimum absolute atomic E-state index is 0.274. The Bertz CT molecular complexity index is 694. The monoisotopic (exact) mass is 324 g/mol. The topological polar surface area (TPSA) is 34.9 Å². The third kappa shape index (κ3) is 3.63. The van der Waals surface area contributed by atoms with Gasteiger partial charge in [-0.05, 0) is 24.3 Å². The molecule has 3 nitrogen and oxygen atoms in total. The Morgan fingerprint density at radius 1 is 1.13 bits per heavy atom. The standard InChI is InChI=1S/C17H19F3N2O/c1-11(10-23)14-9-22(21-15(14)16(2,3)4)13-7-5-12(6-8-13)17(18,19)20/h5-11H,1-4H3. The summed E-state index contributed by atoms with van der Waals surface area (Å²) in [5, 5.41) is 4.49. The van der Waals surface area contributed by atoms with Crippen LogP contribution in [0.25, 0.3) is 5.69 Å². The van der Waals surface area contributed by atoms with Gasteiger partial charge in [-0.25, -0.2) is 4.68 Å². The molecule has 0 N–H and O–H groups in total. The maximum Gasteiger partial charge on any atom is 0.416 e. The van der Waals surface area contributed by atoms with E-state index < -0.39 is 11.7 Å². The molecular formula is C17H19F3N2O. The van der Waals surface area contributed by atoms with Crippen LogP contribution in [-0.2, 0) is 16.4 Å². The van der Waals surface area contributed by atoms with Crippen LogP contribution >= 0.6 is 0 Å². The first-order chi connectivity index (χ1) is 10.5. The summed E-state index contributed by atoms with van der Waals surface area (Å²) in [6.45, 7) is 7.71. The Morgan fingerprint density at radius 2 is 1.70 bits per heavy atom. The zero-order valence-electron chi connectivity index (χ0n) is 13.5. The number of hydrogen-bond donors (Lipinski definition) is 0. The lowest BCUT2D eigenvalue weighted by atomic mass is 9.86. The largest absolute Gasteiger partial charge is 0.416 e. The van der Waals surface area contributed by atoms with Crippen molar-refractivity contribution in [1.82, 2.24) is 9.78 Å². The molecule has 0 saturated heterocycles. The van der Waals surface area contributed by atoms with Gasteiger partial charge in [0.05, 0.1) is 16.9 Å². The van der Waals surface area contributed by atoms with Gasteiger partial charge in [0.2, 0.25) is 0 Å². The van der Waals surface area contributed by atoms with Crippen LogP contribution in [0.2, 0.25) is 0 Å². The summed E-state index contributed by atoms with van der Waals surface area (Å²) in [6.07, 6.45) is -1.82. The number of rotatable bonds is 3. The fourth-order valence-electron chi connectivity index (χ4n) is 2.31. The highest BCUT2D eigenvalue weighted by molar-refractivity contribution is 5.62. The van der Waals surface area contributed by atoms with Gasteiger partial charge in [-0.1, -0.05) is 27.7 Å². The molecule has 0 aliphatic carbocycles. The number of nitrogens with zero attached hydrogens (tertiary/aromatic N) is 2. The molecule has 1 unspecified atom stereocenters. The van der Waals surface area contributed by atoms with Crippen molar-refractivity contribution in [2.45, 2.75) is 45.2 Å². The summed E-state index contributed by atoms with van der Waals surface area (Å²) in [6, 6.07) is 4.79. The third-order valence-electron chi connectivity index (χ3n) is 3.61. The van der Waals surface area contributed by atoms with Gasteiger partial charge in [-0.15, -0.1) is 0 Å². The molecule has 23 heavy (non-hydrogen) atoms. The van der Waals surface area contributed by atoms with E-state index in [1.807, 2.05) is 20.8 Å². The summed E-state index contributed by atoms with van der Waals surface area (Å²) in [7, 11) is 0. The van der Waals surface area contributed by atoms with Gasteiger partial charge < -0.3 is 4.79 Å². The van der Waals surface area contributed by atoms with Crippen LogP contribution in [0.1, 0.15) is 50.4 Å². The van der Waals surface area contributed by atoms with Crippen molar-refractivity contribution in [3.8, 4) is 5.69 Å². The second-order valence-electron chi connectivity index (χ2n) is 6.60. The number of alkyl halides is 3. The molecule has 2 rings (SSSR count). The minimum atomic E-state index is -4.36. The highest BCUT2D eigenvalue weighted by Crippen LogP contribution is 2.31. The predicted octanol–water partition coefficient (Wildman–Crippen LogP) is 4.49. The maximum absolute atomic E-state index is 12.6. The number of aldehydes is 1. The lowest BCUT2D eigenvalue weighted by Crippen LogP contribution is -2.16. The zero-order valence-corrected chi connectivity index (χ0v) is 13.5. The van der Waals surface area contributed by atoms with E-state index in [-0.39, 0.29) is 11.3 Å². The molecule has 0 fully saturated rings. The van der Waals surface area contributed by atoms with Crippen LogP contribution in [0.4, 0.5) is 13.2 Å². The second-order valence-corrected chi connectivity index (χ2v) is 6.60. The van der Waals surface area contributed by atoms with Crippen LogP contribution < -0.4 is 0 Å². The van der Waals surface area contributed by atoms with Crippen molar-refractivity contribution in [3.63, 3.8) is 0 Å². The smallest absolute Gasteiger partial charge is 0.303 e. The van der Waals surface area contributed by atoms with Crippen molar-refractivity contribution >= 4 is 6.29 Å². The molecule has 0 spiro atoms. The summed E-state index contributed by atoms with van der Waals surface area (Å²) in [5.74, 6) is -0.326. The van der Waals surface area contributed by atoms with Gasteiger partial charge >= 0.3 is 6.18 Å². The first-order valence-corrected chi connectivity index (χ1v) is 7.27. The van der Waals surface area contributed by atoms with E-state index in [4.69, 9.17) is 0 Å². The molecule has 0 radical (unpaired) electrons. The van der Waals surface area contributed by atoms with Crippen LogP contribution in [0.5, 0.6) is 0 Å². The molecule has 0 aliphatic heterocycles. The highest BCUT2D eigenvalue weighted by Gasteiger charge is 2.30. The Labute approximate surface area is 133 Å². The van der Waals surface area contributed by atoms with E-state index in [1.165, 1.54) is 16.8 Å². The Balaban J connectivity index is 2.48. The average molecular weight is 324 g/mol. The minimum Gasteiger partial charge on any atom is -0.303 e. The van der Waals surface area contributed by atoms with Crippen LogP contribution in [0, 0.1) is 0 Å². The number of benzene rings is 1. The van der Waals surface area contributed by atoms with Gasteiger partial charge in [0.25, 0.3) is 0 Å². The molecular weight excluding hydrogens is 305 g/mol. The second kappa shape index (κ2) is 5.83. The van der Waals surface area contributed by atoms with E-state index in [2.05, 4.69) is 5.10 Å². The van der Waals surface area contributed by atoms with Gasteiger partial charge in [-0.3, -0.25) is 0 Å². The summed E-state index contributed by atoms with van der Waals surface area (Å²) in [4.78, 5) is 11.1. The number of carbonyl (C=O) groups is 1. The van der Waals surface area contributed by atoms with Crippen LogP contribution in [0.15, 0.2) is 30.5 Å².